The molecule has 0 atom stereocenters. The molecule has 1 aliphatic carbocycles. The third-order valence-corrected chi connectivity index (χ3v) is 6.92. The zero-order valence-corrected chi connectivity index (χ0v) is 19.8. The lowest BCUT2D eigenvalue weighted by Crippen LogP contribution is -2.52. The van der Waals surface area contributed by atoms with Crippen LogP contribution in [0.2, 0.25) is 0 Å². The number of amides is 1. The third-order valence-electron chi connectivity index (χ3n) is 6.92. The van der Waals surface area contributed by atoms with Crippen molar-refractivity contribution < 1.29 is 22.7 Å². The molecule has 8 heteroatoms. The molecule has 2 fully saturated rings. The maximum Gasteiger partial charge on any atom is 0.416 e. The van der Waals surface area contributed by atoms with Crippen molar-refractivity contribution in [3.8, 4) is 5.75 Å². The predicted octanol–water partition coefficient (Wildman–Crippen LogP) is 5.21. The van der Waals surface area contributed by atoms with E-state index < -0.39 is 11.7 Å². The van der Waals surface area contributed by atoms with E-state index in [1.54, 1.807) is 19.2 Å². The smallest absolute Gasteiger partial charge is 0.416 e. The summed E-state index contributed by atoms with van der Waals surface area (Å²) in [6, 6.07) is 8.32. The number of carbonyl (C=O) groups excluding carboxylic acids is 1. The molecule has 1 N–H and O–H groups in total. The van der Waals surface area contributed by atoms with Gasteiger partial charge in [-0.15, -0.1) is 0 Å². The van der Waals surface area contributed by atoms with E-state index in [-0.39, 0.29) is 24.3 Å². The Hall–Kier alpha value is -2.61. The van der Waals surface area contributed by atoms with Gasteiger partial charge < -0.3 is 10.1 Å². The van der Waals surface area contributed by atoms with Crippen LogP contribution < -0.4 is 10.1 Å². The number of aromatic nitrogens is 1. The van der Waals surface area contributed by atoms with Gasteiger partial charge in [0, 0.05) is 26.7 Å². The lowest BCUT2D eigenvalue weighted by atomic mass is 9.81. The van der Waals surface area contributed by atoms with Crippen molar-refractivity contribution in [3.63, 3.8) is 0 Å². The van der Waals surface area contributed by atoms with Crippen molar-refractivity contribution in [3.05, 3.63) is 58.4 Å². The molecule has 2 heterocycles. The quantitative estimate of drug-likeness (QED) is 0.597. The molecule has 1 aromatic carbocycles. The van der Waals surface area contributed by atoms with E-state index >= 15 is 0 Å². The van der Waals surface area contributed by atoms with E-state index in [4.69, 9.17) is 4.74 Å². The van der Waals surface area contributed by atoms with Gasteiger partial charge >= 0.3 is 6.18 Å². The fourth-order valence-corrected chi connectivity index (χ4v) is 5.01. The molecule has 4 rings (SSSR count). The molecule has 2 aliphatic rings. The minimum absolute atomic E-state index is 0.0163. The Kier molecular flexibility index (Phi) is 7.45. The van der Waals surface area contributed by atoms with Gasteiger partial charge in [0.25, 0.3) is 0 Å². The molecule has 34 heavy (non-hydrogen) atoms. The zero-order valence-electron chi connectivity index (χ0n) is 19.8. The second-order valence-electron chi connectivity index (χ2n) is 9.43. The summed E-state index contributed by atoms with van der Waals surface area (Å²) in [7, 11) is 1.64. The molecule has 0 unspecified atom stereocenters. The first kappa shape index (κ1) is 24.5. The molecule has 2 aromatic rings. The summed E-state index contributed by atoms with van der Waals surface area (Å²) in [5.74, 6) is 0.627. The summed E-state index contributed by atoms with van der Waals surface area (Å²) in [4.78, 5) is 18.4. The summed E-state index contributed by atoms with van der Waals surface area (Å²) in [6.45, 7) is 3.94. The van der Waals surface area contributed by atoms with Gasteiger partial charge in [-0.05, 0) is 55.0 Å². The van der Waals surface area contributed by atoms with Crippen LogP contribution in [0.1, 0.15) is 66.1 Å². The van der Waals surface area contributed by atoms with E-state index in [2.05, 4.69) is 15.2 Å². The number of likely N-dealkylation sites (tertiary alicyclic amines) is 1. The highest BCUT2D eigenvalue weighted by atomic mass is 19.4. The van der Waals surface area contributed by atoms with Crippen LogP contribution in [-0.4, -0.2) is 35.9 Å². The van der Waals surface area contributed by atoms with Crippen LogP contribution in [0.5, 0.6) is 5.75 Å². The fourth-order valence-electron chi connectivity index (χ4n) is 5.01. The van der Waals surface area contributed by atoms with Crippen LogP contribution in [0.3, 0.4) is 0 Å². The summed E-state index contributed by atoms with van der Waals surface area (Å²) >= 11 is 0. The molecule has 1 aliphatic heterocycles. The molecule has 1 aromatic heterocycles. The molecule has 0 bridgehead atoms. The predicted molar refractivity (Wildman–Crippen MR) is 123 cm³/mol. The number of rotatable bonds is 7. The second-order valence-corrected chi connectivity index (χ2v) is 9.43. The van der Waals surface area contributed by atoms with Crippen molar-refractivity contribution >= 4 is 5.91 Å². The molecule has 184 valence electrons. The Bertz CT molecular complexity index is 1010. The van der Waals surface area contributed by atoms with Gasteiger partial charge in [-0.2, -0.15) is 13.2 Å². The number of alkyl halides is 3. The fraction of sp³-hybridized carbons (Fsp3) is 0.538. The maximum absolute atomic E-state index is 13.8. The van der Waals surface area contributed by atoms with E-state index in [1.807, 2.05) is 19.1 Å². The highest BCUT2D eigenvalue weighted by Crippen LogP contribution is 2.41. The van der Waals surface area contributed by atoms with Gasteiger partial charge in [-0.3, -0.25) is 14.7 Å². The lowest BCUT2D eigenvalue weighted by Gasteiger charge is -2.37. The normalized spacial score (nSPS) is 17.9. The number of pyridine rings is 1. The monoisotopic (exact) mass is 475 g/mol. The van der Waals surface area contributed by atoms with Crippen LogP contribution in [0, 0.1) is 12.8 Å². The first-order valence-electron chi connectivity index (χ1n) is 12.0. The van der Waals surface area contributed by atoms with Crippen LogP contribution in [0.25, 0.3) is 0 Å². The van der Waals surface area contributed by atoms with Gasteiger partial charge in [0.1, 0.15) is 12.4 Å². The Morgan fingerprint density at radius 2 is 1.88 bits per heavy atom. The molecule has 5 nitrogen and oxygen atoms in total. The van der Waals surface area contributed by atoms with Crippen LogP contribution in [0.15, 0.2) is 30.3 Å². The van der Waals surface area contributed by atoms with E-state index in [0.29, 0.717) is 42.2 Å². The Morgan fingerprint density at radius 3 is 2.53 bits per heavy atom. The molecule has 1 amide bonds. The van der Waals surface area contributed by atoms with Crippen molar-refractivity contribution in [2.75, 3.05) is 20.1 Å². The zero-order chi connectivity index (χ0) is 24.3. The first-order valence-corrected chi connectivity index (χ1v) is 12.0. The number of hydrogen-bond donors (Lipinski definition) is 1. The van der Waals surface area contributed by atoms with Gasteiger partial charge in [0.05, 0.1) is 22.9 Å². The number of aryl methyl sites for hydroxylation is 1. The molecular weight excluding hydrogens is 443 g/mol. The Balaban J connectivity index is 1.38. The Labute approximate surface area is 198 Å². The van der Waals surface area contributed by atoms with Gasteiger partial charge in [0.2, 0.25) is 5.91 Å². The van der Waals surface area contributed by atoms with Gasteiger partial charge in [0.15, 0.2) is 0 Å². The summed E-state index contributed by atoms with van der Waals surface area (Å²) in [5.41, 5.74) is 1.95. The number of carbonyl (C=O) groups is 1. The topological polar surface area (TPSA) is 54.5 Å². The summed E-state index contributed by atoms with van der Waals surface area (Å²) < 4.78 is 47.3. The van der Waals surface area contributed by atoms with Crippen LogP contribution in [-0.2, 0) is 24.1 Å². The average molecular weight is 476 g/mol. The van der Waals surface area contributed by atoms with Crippen molar-refractivity contribution in [2.24, 2.45) is 5.92 Å². The molecular formula is C26H32F3N3O2. The number of halogens is 3. The van der Waals surface area contributed by atoms with E-state index in [1.165, 1.54) is 6.07 Å². The maximum atomic E-state index is 13.8. The summed E-state index contributed by atoms with van der Waals surface area (Å²) in [5, 5.41) is 2.67. The van der Waals surface area contributed by atoms with E-state index in [9.17, 15) is 18.0 Å². The van der Waals surface area contributed by atoms with Crippen molar-refractivity contribution in [1.29, 1.82) is 0 Å². The highest BCUT2D eigenvalue weighted by molar-refractivity contribution is 5.79. The standard InChI is InChI=1S/C26H32F3N3O2/c1-17-24(11-9-21(31-17)15-32-13-20(14-32)25(33)30-2)34-16-18-8-10-22(19-6-4-3-5-7-19)23(12-18)26(27,28)29/h8-12,19-20H,3-7,13-16H2,1-2H3,(H,30,33). The van der Waals surface area contributed by atoms with E-state index in [0.717, 1.165) is 37.8 Å². The lowest BCUT2D eigenvalue weighted by molar-refractivity contribution is -0.138. The molecule has 1 saturated carbocycles. The number of benzene rings is 1. The van der Waals surface area contributed by atoms with Crippen molar-refractivity contribution in [1.82, 2.24) is 15.2 Å². The van der Waals surface area contributed by atoms with Gasteiger partial charge in [-0.1, -0.05) is 31.4 Å². The average Bonchev–Trinajstić information content (AvgIpc) is 2.80. The number of hydrogen-bond acceptors (Lipinski definition) is 4. The van der Waals surface area contributed by atoms with Crippen LogP contribution >= 0.6 is 0 Å². The molecule has 0 radical (unpaired) electrons. The largest absolute Gasteiger partial charge is 0.487 e. The van der Waals surface area contributed by atoms with Crippen LogP contribution in [0.4, 0.5) is 13.2 Å². The summed E-state index contributed by atoms with van der Waals surface area (Å²) in [6.07, 6.45) is 0.336. The molecule has 1 saturated heterocycles. The highest BCUT2D eigenvalue weighted by Gasteiger charge is 2.36. The minimum Gasteiger partial charge on any atom is -0.487 e. The first-order chi connectivity index (χ1) is 16.2. The SMILES string of the molecule is CNC(=O)C1CN(Cc2ccc(OCc3ccc(C4CCCCC4)c(C(F)(F)F)c3)c(C)n2)C1. The molecule has 0 spiro atoms. The number of nitrogens with one attached hydrogen (secondary N) is 1. The minimum atomic E-state index is -4.38. The Morgan fingerprint density at radius 1 is 1.15 bits per heavy atom. The third kappa shape index (κ3) is 5.71. The number of nitrogens with zero attached hydrogens (tertiary/aromatic N) is 2. The number of ether oxygens (including phenoxy) is 1. The van der Waals surface area contributed by atoms with Gasteiger partial charge in [-0.25, -0.2) is 0 Å². The second kappa shape index (κ2) is 10.3. The van der Waals surface area contributed by atoms with Crippen molar-refractivity contribution in [2.45, 2.75) is 64.3 Å².